The van der Waals surface area contributed by atoms with Crippen molar-refractivity contribution in [1.82, 2.24) is 0 Å². The van der Waals surface area contributed by atoms with Gasteiger partial charge in [-0.2, -0.15) is 0 Å². The topological polar surface area (TPSA) is 6.48 Å². The van der Waals surface area contributed by atoms with E-state index < -0.39 is 11.9 Å². The summed E-state index contributed by atoms with van der Waals surface area (Å²) in [5, 5.41) is 2.88. The summed E-state index contributed by atoms with van der Waals surface area (Å²) < 4.78 is 3.18. The number of hydrogen-bond acceptors (Lipinski definition) is 2. The molecule has 0 aromatic heterocycles. The van der Waals surface area contributed by atoms with Crippen LogP contribution >= 0.6 is 27.3 Å². The van der Waals surface area contributed by atoms with Crippen LogP contribution in [0.25, 0.3) is 0 Å². The van der Waals surface area contributed by atoms with E-state index >= 15 is 0 Å². The Morgan fingerprint density at radius 1 is 0.553 bits per heavy atom. The fourth-order valence-electron chi connectivity index (χ4n) is 6.55. The first kappa shape index (κ1) is 35.4. The Hall–Kier alpha value is -2.93. The molecule has 1 fully saturated rings. The van der Waals surface area contributed by atoms with E-state index in [0.29, 0.717) is 0 Å². The SMILES string of the molecule is CP(c1ccccc1)c1ccccc1.Cc1cc(C)c(N2CCN(c3c(C)cc(C)cc3C)[C]2=[Ru]([Cl])([Cl])=[CH]c2ccccc2)c(C)c1. The van der Waals surface area contributed by atoms with Gasteiger partial charge in [-0.1, -0.05) is 60.7 Å². The van der Waals surface area contributed by atoms with Crippen molar-refractivity contribution in [2.75, 3.05) is 29.6 Å². The molecule has 2 nitrogen and oxygen atoms in total. The van der Waals surface area contributed by atoms with Gasteiger partial charge >= 0.3 is 210 Å². The number of halogens is 2. The molecule has 6 rings (SSSR count). The van der Waals surface area contributed by atoms with Crippen LogP contribution in [0.5, 0.6) is 0 Å². The van der Waals surface area contributed by atoms with E-state index in [1.165, 1.54) is 55.4 Å². The average Bonchev–Trinajstić information content (AvgIpc) is 3.46. The van der Waals surface area contributed by atoms with Gasteiger partial charge in [0.25, 0.3) is 0 Å². The van der Waals surface area contributed by atoms with Gasteiger partial charge in [-0.25, -0.2) is 0 Å². The van der Waals surface area contributed by atoms with E-state index in [2.05, 4.69) is 160 Å². The number of benzene rings is 5. The molecule has 6 heteroatoms. The van der Waals surface area contributed by atoms with Gasteiger partial charge in [0.15, 0.2) is 0 Å². The Bertz CT molecular complexity index is 1810. The van der Waals surface area contributed by atoms with Crippen LogP contribution < -0.4 is 20.4 Å². The van der Waals surface area contributed by atoms with Crippen LogP contribution in [0.4, 0.5) is 11.4 Å². The van der Waals surface area contributed by atoms with E-state index in [9.17, 15) is 0 Å². The third-order valence-electron chi connectivity index (χ3n) is 8.33. The molecule has 0 unspecified atom stereocenters. The maximum atomic E-state index is 7.40. The van der Waals surface area contributed by atoms with E-state index in [0.717, 1.165) is 23.0 Å². The minimum absolute atomic E-state index is 0.171. The average molecular weight is 769 g/mol. The zero-order chi connectivity index (χ0) is 33.7. The first-order chi connectivity index (χ1) is 22.5. The van der Waals surface area contributed by atoms with Crippen molar-refractivity contribution >= 4 is 58.3 Å². The van der Waals surface area contributed by atoms with Crippen molar-refractivity contribution in [2.45, 2.75) is 41.5 Å². The third kappa shape index (κ3) is 8.39. The van der Waals surface area contributed by atoms with Gasteiger partial charge in [0, 0.05) is 0 Å². The van der Waals surface area contributed by atoms with Gasteiger partial charge in [0.2, 0.25) is 0 Å². The first-order valence-corrected chi connectivity index (χ1v) is 24.0. The van der Waals surface area contributed by atoms with E-state index in [1.807, 2.05) is 18.2 Å². The molecule has 246 valence electrons. The summed E-state index contributed by atoms with van der Waals surface area (Å²) in [5.41, 5.74) is 11.1. The third-order valence-corrected chi connectivity index (χ3v) is 16.0. The number of nitrogens with zero attached hydrogens (tertiary/aromatic N) is 2. The number of hydrogen-bond donors (Lipinski definition) is 0. The molecular weight excluding hydrogens is 723 g/mol. The van der Waals surface area contributed by atoms with Crippen molar-refractivity contribution < 1.29 is 11.9 Å². The van der Waals surface area contributed by atoms with Gasteiger partial charge < -0.3 is 0 Å². The fourth-order valence-corrected chi connectivity index (χ4v) is 14.2. The second-order valence-corrected chi connectivity index (χ2v) is 23.6. The standard InChI is InChI=1S/C21H26N2.C13H13P.C7H6.2ClH.Ru/c1-14-9-16(3)20(17(4)10-14)22-7-8-23(13-22)21-18(5)11-15(2)12-19(21)6;1-14(12-8-4-2-5-9-12)13-10-6-3-7-11-13;1-7-5-3-2-4-6-7;;;/h9-12H,7-8H2,1-6H3;2-11H,1H3;1-6H;2*1H;/q;;;;;+2/p-2. The first-order valence-electron chi connectivity index (χ1n) is 15.9. The molecule has 1 aliphatic heterocycles. The molecule has 1 saturated heterocycles. The molecule has 1 heterocycles. The summed E-state index contributed by atoms with van der Waals surface area (Å²) in [5.74, 6) is 0. The molecule has 0 atom stereocenters. The number of rotatable bonds is 5. The Kier molecular flexibility index (Phi) is 11.7. The summed E-state index contributed by atoms with van der Waals surface area (Å²) in [6.45, 7) is 17.1. The minimum atomic E-state index is -3.44. The monoisotopic (exact) mass is 768 g/mol. The maximum absolute atomic E-state index is 7.40. The van der Waals surface area contributed by atoms with Crippen LogP contribution in [0, 0.1) is 41.5 Å². The normalized spacial score (nSPS) is 13.4. The Morgan fingerprint density at radius 3 is 1.26 bits per heavy atom. The Morgan fingerprint density at radius 2 is 0.894 bits per heavy atom. The zero-order valence-corrected chi connectivity index (χ0v) is 32.6. The molecule has 0 spiro atoms. The summed E-state index contributed by atoms with van der Waals surface area (Å²) in [6.07, 6.45) is 0. The Labute approximate surface area is 293 Å². The molecule has 0 bridgehead atoms. The van der Waals surface area contributed by atoms with Crippen molar-refractivity contribution in [2.24, 2.45) is 0 Å². The Balaban J connectivity index is 0.000000257. The van der Waals surface area contributed by atoms with Gasteiger partial charge in [-0.3, -0.25) is 0 Å². The van der Waals surface area contributed by atoms with Crippen LogP contribution in [-0.2, 0) is 11.9 Å². The summed E-state index contributed by atoms with van der Waals surface area (Å²) in [7, 11) is 14.6. The molecule has 0 radical (unpaired) electrons. The van der Waals surface area contributed by atoms with E-state index in [4.69, 9.17) is 19.4 Å². The van der Waals surface area contributed by atoms with Crippen molar-refractivity contribution in [3.05, 3.63) is 154 Å². The second kappa shape index (κ2) is 15.5. The molecule has 0 aliphatic carbocycles. The molecule has 0 N–H and O–H groups in total. The summed E-state index contributed by atoms with van der Waals surface area (Å²) in [6, 6.07) is 40.6. The molecule has 0 amide bonds. The van der Waals surface area contributed by atoms with Crippen molar-refractivity contribution in [3.63, 3.8) is 0 Å². The van der Waals surface area contributed by atoms with Crippen LogP contribution in [0.15, 0.2) is 115 Å². The van der Waals surface area contributed by atoms with E-state index in [1.54, 1.807) is 0 Å². The molecule has 47 heavy (non-hydrogen) atoms. The van der Waals surface area contributed by atoms with Gasteiger partial charge in [0.05, 0.1) is 0 Å². The number of anilines is 2. The predicted octanol–water partition coefficient (Wildman–Crippen LogP) is 10.0. The van der Waals surface area contributed by atoms with E-state index in [-0.39, 0.29) is 7.92 Å². The van der Waals surface area contributed by atoms with Crippen molar-refractivity contribution in [1.29, 1.82) is 0 Å². The fraction of sp³-hybridized carbons (Fsp3) is 0.220. The molecule has 5 aromatic carbocycles. The van der Waals surface area contributed by atoms with Crippen LogP contribution in [0.3, 0.4) is 0 Å². The van der Waals surface area contributed by atoms with Crippen LogP contribution in [-0.4, -0.2) is 28.7 Å². The second-order valence-electron chi connectivity index (χ2n) is 12.2. The molecule has 1 aliphatic rings. The van der Waals surface area contributed by atoms with Crippen LogP contribution in [0.1, 0.15) is 38.9 Å². The van der Waals surface area contributed by atoms with Gasteiger partial charge in [-0.15, -0.1) is 0 Å². The van der Waals surface area contributed by atoms with Crippen molar-refractivity contribution in [3.8, 4) is 0 Å². The van der Waals surface area contributed by atoms with Crippen LogP contribution in [0.2, 0.25) is 0 Å². The predicted molar refractivity (Wildman–Crippen MR) is 209 cm³/mol. The van der Waals surface area contributed by atoms with Gasteiger partial charge in [0.1, 0.15) is 0 Å². The quantitative estimate of drug-likeness (QED) is 0.130. The zero-order valence-electron chi connectivity index (χ0n) is 28.4. The summed E-state index contributed by atoms with van der Waals surface area (Å²) >= 11 is -3.44. The molecule has 0 saturated carbocycles. The number of aryl methyl sites for hydroxylation is 6. The summed E-state index contributed by atoms with van der Waals surface area (Å²) in [4.78, 5) is 4.79. The molecule has 5 aromatic rings. The van der Waals surface area contributed by atoms with Gasteiger partial charge in [-0.05, 0) is 25.2 Å². The molecular formula is C41H45Cl2N2PRu.